The number of carbonyl (C=O) groups is 1. The van der Waals surface area contributed by atoms with Crippen LogP contribution in [0.4, 0.5) is 0 Å². The Morgan fingerprint density at radius 1 is 1.53 bits per heavy atom. The molecule has 4 heteroatoms. The predicted molar refractivity (Wildman–Crippen MR) is 79.8 cm³/mol. The van der Waals surface area contributed by atoms with Crippen LogP contribution in [0.3, 0.4) is 0 Å². The first-order chi connectivity index (χ1) is 9.06. The summed E-state index contributed by atoms with van der Waals surface area (Å²) in [6, 6.07) is 7.81. The van der Waals surface area contributed by atoms with Gasteiger partial charge in [0.15, 0.2) is 0 Å². The number of halogens is 2. The molecule has 2 atom stereocenters. The van der Waals surface area contributed by atoms with Gasteiger partial charge in [0.2, 0.25) is 5.91 Å². The smallest absolute Gasteiger partial charge is 0.227 e. The minimum absolute atomic E-state index is 0.115. The van der Waals surface area contributed by atoms with Crippen molar-refractivity contribution in [1.82, 2.24) is 4.90 Å². The SMILES string of the molecule is CC(Cl)CC1CCCN1C(=O)Cc1cccc(Cl)c1. The van der Waals surface area contributed by atoms with Gasteiger partial charge in [-0.05, 0) is 43.9 Å². The van der Waals surface area contributed by atoms with Gasteiger partial charge in [0.05, 0.1) is 6.42 Å². The normalized spacial score (nSPS) is 20.6. The van der Waals surface area contributed by atoms with E-state index < -0.39 is 0 Å². The van der Waals surface area contributed by atoms with Gasteiger partial charge in [-0.3, -0.25) is 4.79 Å². The maximum atomic E-state index is 12.4. The number of amides is 1. The Hall–Kier alpha value is -0.730. The molecule has 0 radical (unpaired) electrons. The van der Waals surface area contributed by atoms with Crippen LogP contribution in [0, 0.1) is 0 Å². The quantitative estimate of drug-likeness (QED) is 0.773. The summed E-state index contributed by atoms with van der Waals surface area (Å²) in [5.41, 5.74) is 0.974. The zero-order chi connectivity index (χ0) is 13.8. The van der Waals surface area contributed by atoms with E-state index in [0.29, 0.717) is 17.5 Å². The van der Waals surface area contributed by atoms with E-state index in [9.17, 15) is 4.79 Å². The number of hydrogen-bond donors (Lipinski definition) is 0. The third-order valence-corrected chi connectivity index (χ3v) is 3.95. The van der Waals surface area contributed by atoms with Crippen LogP contribution in [0.25, 0.3) is 0 Å². The van der Waals surface area contributed by atoms with Crippen LogP contribution in [-0.2, 0) is 11.2 Å². The van der Waals surface area contributed by atoms with E-state index >= 15 is 0 Å². The van der Waals surface area contributed by atoms with Gasteiger partial charge in [-0.15, -0.1) is 11.6 Å². The molecular weight excluding hydrogens is 281 g/mol. The summed E-state index contributed by atoms with van der Waals surface area (Å²) in [4.78, 5) is 14.3. The zero-order valence-electron chi connectivity index (χ0n) is 11.1. The molecule has 2 unspecified atom stereocenters. The van der Waals surface area contributed by atoms with Crippen molar-refractivity contribution >= 4 is 29.1 Å². The van der Waals surface area contributed by atoms with E-state index in [0.717, 1.165) is 31.4 Å². The molecule has 0 aliphatic carbocycles. The first-order valence-electron chi connectivity index (χ1n) is 6.74. The molecule has 2 rings (SSSR count). The number of likely N-dealkylation sites (tertiary alicyclic amines) is 1. The molecule has 0 bridgehead atoms. The lowest BCUT2D eigenvalue weighted by molar-refractivity contribution is -0.131. The van der Waals surface area contributed by atoms with Gasteiger partial charge in [-0.1, -0.05) is 23.7 Å². The summed E-state index contributed by atoms with van der Waals surface area (Å²) in [6.07, 6.45) is 3.45. The highest BCUT2D eigenvalue weighted by atomic mass is 35.5. The van der Waals surface area contributed by atoms with E-state index in [1.807, 2.05) is 36.1 Å². The van der Waals surface area contributed by atoms with Crippen LogP contribution in [0.1, 0.15) is 31.7 Å². The number of hydrogen-bond acceptors (Lipinski definition) is 1. The number of alkyl halides is 1. The van der Waals surface area contributed by atoms with Gasteiger partial charge in [-0.2, -0.15) is 0 Å². The average Bonchev–Trinajstić information content (AvgIpc) is 2.76. The van der Waals surface area contributed by atoms with Crippen LogP contribution in [0.2, 0.25) is 5.02 Å². The largest absolute Gasteiger partial charge is 0.339 e. The highest BCUT2D eigenvalue weighted by molar-refractivity contribution is 6.30. The lowest BCUT2D eigenvalue weighted by atomic mass is 10.1. The Labute approximate surface area is 124 Å². The number of benzene rings is 1. The van der Waals surface area contributed by atoms with Gasteiger partial charge < -0.3 is 4.90 Å². The molecule has 0 spiro atoms. The zero-order valence-corrected chi connectivity index (χ0v) is 12.6. The molecule has 1 fully saturated rings. The summed E-state index contributed by atoms with van der Waals surface area (Å²) in [5, 5.41) is 0.794. The molecule has 1 aliphatic heterocycles. The van der Waals surface area contributed by atoms with Crippen molar-refractivity contribution in [1.29, 1.82) is 0 Å². The summed E-state index contributed by atoms with van der Waals surface area (Å²) >= 11 is 12.0. The van der Waals surface area contributed by atoms with Gasteiger partial charge in [-0.25, -0.2) is 0 Å². The molecule has 0 aromatic heterocycles. The van der Waals surface area contributed by atoms with E-state index in [2.05, 4.69) is 0 Å². The summed E-state index contributed by atoms with van der Waals surface area (Å²) in [6.45, 7) is 2.84. The molecule has 19 heavy (non-hydrogen) atoms. The Bertz CT molecular complexity index is 448. The number of nitrogens with zero attached hydrogens (tertiary/aromatic N) is 1. The van der Waals surface area contributed by atoms with E-state index in [1.165, 1.54) is 0 Å². The van der Waals surface area contributed by atoms with E-state index in [-0.39, 0.29) is 11.3 Å². The van der Waals surface area contributed by atoms with Crippen molar-refractivity contribution in [3.05, 3.63) is 34.9 Å². The Kier molecular flexibility index (Phi) is 5.12. The van der Waals surface area contributed by atoms with Gasteiger partial charge in [0.1, 0.15) is 0 Å². The van der Waals surface area contributed by atoms with Crippen molar-refractivity contribution in [2.75, 3.05) is 6.54 Å². The fourth-order valence-electron chi connectivity index (χ4n) is 2.71. The second-order valence-electron chi connectivity index (χ2n) is 5.21. The molecule has 104 valence electrons. The van der Waals surface area contributed by atoms with Crippen molar-refractivity contribution in [2.24, 2.45) is 0 Å². The molecule has 1 amide bonds. The number of carbonyl (C=O) groups excluding carboxylic acids is 1. The maximum absolute atomic E-state index is 12.4. The van der Waals surface area contributed by atoms with Crippen molar-refractivity contribution in [3.63, 3.8) is 0 Å². The van der Waals surface area contributed by atoms with Crippen LogP contribution in [0.5, 0.6) is 0 Å². The fourth-order valence-corrected chi connectivity index (χ4v) is 3.13. The first kappa shape index (κ1) is 14.7. The van der Waals surface area contributed by atoms with Gasteiger partial charge in [0, 0.05) is 23.0 Å². The molecule has 1 aromatic rings. The van der Waals surface area contributed by atoms with Crippen LogP contribution in [0.15, 0.2) is 24.3 Å². The van der Waals surface area contributed by atoms with Crippen molar-refractivity contribution < 1.29 is 4.79 Å². The standard InChI is InChI=1S/C15H19Cl2NO/c1-11(16)8-14-6-3-7-18(14)15(19)10-12-4-2-5-13(17)9-12/h2,4-5,9,11,14H,3,6-8,10H2,1H3. The van der Waals surface area contributed by atoms with Crippen molar-refractivity contribution in [3.8, 4) is 0 Å². The highest BCUT2D eigenvalue weighted by Gasteiger charge is 2.29. The maximum Gasteiger partial charge on any atom is 0.227 e. The average molecular weight is 300 g/mol. The Morgan fingerprint density at radius 2 is 2.32 bits per heavy atom. The minimum atomic E-state index is 0.115. The fraction of sp³-hybridized carbons (Fsp3) is 0.533. The molecule has 1 heterocycles. The highest BCUT2D eigenvalue weighted by Crippen LogP contribution is 2.24. The number of rotatable bonds is 4. The molecule has 1 saturated heterocycles. The lowest BCUT2D eigenvalue weighted by Gasteiger charge is -2.25. The Morgan fingerprint density at radius 3 is 3.00 bits per heavy atom. The van der Waals surface area contributed by atoms with Crippen molar-refractivity contribution in [2.45, 2.75) is 44.0 Å². The molecule has 0 saturated carbocycles. The topological polar surface area (TPSA) is 20.3 Å². The van der Waals surface area contributed by atoms with Crippen LogP contribution >= 0.6 is 23.2 Å². The van der Waals surface area contributed by atoms with E-state index in [4.69, 9.17) is 23.2 Å². The summed E-state index contributed by atoms with van der Waals surface area (Å²) < 4.78 is 0. The Balaban J connectivity index is 1.99. The summed E-state index contributed by atoms with van der Waals surface area (Å²) in [7, 11) is 0. The third kappa shape index (κ3) is 4.12. The predicted octanol–water partition coefficient (Wildman–Crippen LogP) is 3.89. The monoisotopic (exact) mass is 299 g/mol. The summed E-state index contributed by atoms with van der Waals surface area (Å²) in [5.74, 6) is 0.182. The van der Waals surface area contributed by atoms with Crippen LogP contribution < -0.4 is 0 Å². The molecule has 0 N–H and O–H groups in total. The third-order valence-electron chi connectivity index (χ3n) is 3.54. The molecule has 1 aromatic carbocycles. The second-order valence-corrected chi connectivity index (χ2v) is 6.39. The first-order valence-corrected chi connectivity index (χ1v) is 7.55. The lowest BCUT2D eigenvalue weighted by Crippen LogP contribution is -2.37. The van der Waals surface area contributed by atoms with E-state index in [1.54, 1.807) is 0 Å². The van der Waals surface area contributed by atoms with Crippen LogP contribution in [-0.4, -0.2) is 28.8 Å². The molecule has 1 aliphatic rings. The van der Waals surface area contributed by atoms with Gasteiger partial charge >= 0.3 is 0 Å². The molecule has 2 nitrogen and oxygen atoms in total. The minimum Gasteiger partial charge on any atom is -0.339 e. The van der Waals surface area contributed by atoms with Gasteiger partial charge in [0.25, 0.3) is 0 Å². The molecular formula is C15H19Cl2NO. The second kappa shape index (κ2) is 6.62.